The standard InChI is InChI=1S/C34H33ClFN5O7/c1-44-13-15-46-29-18-22-25(19-30(29)47-16-14-45-2)37-20-38-33(22)48-28-11-10-21(17-23(28)35)39-32(42)31-27-9-5-6-12-40(27)41(34(31)43)26-8-4-3-7-24(26)36/h3-4,7-8,10-11,17-20H,5-6,9,12-16H2,1-2H3,(H,39,42). The number of nitrogens with zero attached hydrogens (tertiary/aromatic N) is 4. The number of hydrogen-bond acceptors (Lipinski definition) is 9. The number of rotatable bonds is 13. The second-order valence-corrected chi connectivity index (χ2v) is 11.3. The Morgan fingerprint density at radius 1 is 0.938 bits per heavy atom. The minimum atomic E-state index is -0.614. The molecule has 0 bridgehead atoms. The van der Waals surface area contributed by atoms with Gasteiger partial charge < -0.3 is 29.0 Å². The Morgan fingerprint density at radius 3 is 2.42 bits per heavy atom. The molecule has 0 aliphatic carbocycles. The van der Waals surface area contributed by atoms with Crippen molar-refractivity contribution in [3.8, 4) is 28.8 Å². The van der Waals surface area contributed by atoms with Gasteiger partial charge in [0.05, 0.1) is 34.8 Å². The van der Waals surface area contributed by atoms with Crippen molar-refractivity contribution in [3.05, 3.63) is 93.4 Å². The zero-order valence-electron chi connectivity index (χ0n) is 26.3. The molecule has 0 spiro atoms. The van der Waals surface area contributed by atoms with Crippen LogP contribution in [-0.4, -0.2) is 65.9 Å². The van der Waals surface area contributed by atoms with Crippen LogP contribution >= 0.6 is 11.6 Å². The van der Waals surface area contributed by atoms with Crippen LogP contribution in [0.3, 0.4) is 0 Å². The van der Waals surface area contributed by atoms with Gasteiger partial charge >= 0.3 is 0 Å². The lowest BCUT2D eigenvalue weighted by Gasteiger charge is -2.19. The highest BCUT2D eigenvalue weighted by molar-refractivity contribution is 6.32. The summed E-state index contributed by atoms with van der Waals surface area (Å²) in [7, 11) is 3.17. The van der Waals surface area contributed by atoms with Gasteiger partial charge in [0.1, 0.15) is 42.4 Å². The highest BCUT2D eigenvalue weighted by Gasteiger charge is 2.29. The van der Waals surface area contributed by atoms with Crippen molar-refractivity contribution in [2.45, 2.75) is 25.8 Å². The van der Waals surface area contributed by atoms with E-state index in [1.54, 1.807) is 55.3 Å². The van der Waals surface area contributed by atoms with Crippen LogP contribution in [0.25, 0.3) is 16.6 Å². The first kappa shape index (κ1) is 32.9. The molecule has 12 nitrogen and oxygen atoms in total. The number of carbonyl (C=O) groups excluding carboxylic acids is 1. The number of benzene rings is 3. The lowest BCUT2D eigenvalue weighted by atomic mass is 10.1. The summed E-state index contributed by atoms with van der Waals surface area (Å²) in [6.07, 6.45) is 3.48. The number of nitrogens with one attached hydrogen (secondary N) is 1. The second-order valence-electron chi connectivity index (χ2n) is 10.8. The summed E-state index contributed by atoms with van der Waals surface area (Å²) in [5.41, 5.74) is 0.916. The van der Waals surface area contributed by atoms with Crippen LogP contribution in [0.15, 0.2) is 65.7 Å². The second kappa shape index (κ2) is 14.8. The number of carbonyl (C=O) groups is 1. The Balaban J connectivity index is 1.25. The monoisotopic (exact) mass is 677 g/mol. The molecule has 14 heteroatoms. The molecule has 0 radical (unpaired) electrons. The molecule has 0 unspecified atom stereocenters. The predicted octanol–water partition coefficient (Wildman–Crippen LogP) is 5.81. The third-order valence-corrected chi connectivity index (χ3v) is 8.04. The van der Waals surface area contributed by atoms with E-state index in [-0.39, 0.29) is 34.5 Å². The van der Waals surface area contributed by atoms with E-state index in [9.17, 15) is 14.0 Å². The number of halogens is 2. The van der Waals surface area contributed by atoms with Crippen LogP contribution in [0.1, 0.15) is 28.9 Å². The lowest BCUT2D eigenvalue weighted by Crippen LogP contribution is -2.26. The molecule has 0 saturated heterocycles. The average Bonchev–Trinajstić information content (AvgIpc) is 3.38. The summed E-state index contributed by atoms with van der Waals surface area (Å²) in [4.78, 5) is 35.8. The first-order valence-corrected chi connectivity index (χ1v) is 15.7. The zero-order valence-corrected chi connectivity index (χ0v) is 27.1. The fraction of sp³-hybridized carbons (Fsp3) is 0.294. The number of para-hydroxylation sites is 1. The van der Waals surface area contributed by atoms with Crippen molar-refractivity contribution in [1.29, 1.82) is 0 Å². The SMILES string of the molecule is COCCOc1cc2ncnc(Oc3ccc(NC(=O)c4c5n(n(-c6ccccc6F)c4=O)CCCC5)cc3Cl)c2cc1OCCOC. The number of anilines is 1. The Morgan fingerprint density at radius 2 is 1.69 bits per heavy atom. The third kappa shape index (κ3) is 6.84. The Bertz CT molecular complexity index is 2010. The lowest BCUT2D eigenvalue weighted by molar-refractivity contribution is 0.102. The van der Waals surface area contributed by atoms with Crippen LogP contribution in [0.4, 0.5) is 10.1 Å². The number of fused-ring (bicyclic) bond motifs is 2. The molecule has 0 fully saturated rings. The maximum Gasteiger partial charge on any atom is 0.284 e. The smallest absolute Gasteiger partial charge is 0.284 e. The van der Waals surface area contributed by atoms with Crippen molar-refractivity contribution >= 4 is 34.1 Å². The summed E-state index contributed by atoms with van der Waals surface area (Å²) in [5.74, 6) is 0.233. The number of amides is 1. The first-order valence-electron chi connectivity index (χ1n) is 15.3. The highest BCUT2D eigenvalue weighted by atomic mass is 35.5. The summed E-state index contributed by atoms with van der Waals surface area (Å²) in [5, 5.41) is 3.50. The van der Waals surface area contributed by atoms with Gasteiger partial charge in [-0.25, -0.2) is 19.0 Å². The van der Waals surface area contributed by atoms with Gasteiger partial charge in [0.25, 0.3) is 11.5 Å². The molecule has 5 aromatic rings. The van der Waals surface area contributed by atoms with Crippen LogP contribution < -0.4 is 25.1 Å². The van der Waals surface area contributed by atoms with Crippen LogP contribution in [0.5, 0.6) is 23.1 Å². The molecular weight excluding hydrogens is 645 g/mol. The minimum absolute atomic E-state index is 0.0315. The van der Waals surface area contributed by atoms with Crippen molar-refractivity contribution in [2.24, 2.45) is 0 Å². The topological polar surface area (TPSA) is 128 Å². The number of hydrogen-bond donors (Lipinski definition) is 1. The van der Waals surface area contributed by atoms with Crippen LogP contribution in [-0.2, 0) is 22.4 Å². The molecule has 1 aliphatic rings. The molecule has 250 valence electrons. The van der Waals surface area contributed by atoms with E-state index in [0.717, 1.165) is 12.8 Å². The van der Waals surface area contributed by atoms with E-state index in [0.29, 0.717) is 66.6 Å². The Labute approximate surface area is 279 Å². The van der Waals surface area contributed by atoms with E-state index in [4.69, 9.17) is 35.3 Å². The Kier molecular flexibility index (Phi) is 10.2. The van der Waals surface area contributed by atoms with Gasteiger partial charge in [0, 0.05) is 32.5 Å². The summed E-state index contributed by atoms with van der Waals surface area (Å²) in [6.45, 7) is 1.85. The van der Waals surface area contributed by atoms with Crippen LogP contribution in [0, 0.1) is 5.82 Å². The molecule has 3 heterocycles. The van der Waals surface area contributed by atoms with Gasteiger partial charge in [0.15, 0.2) is 11.5 Å². The molecule has 48 heavy (non-hydrogen) atoms. The highest BCUT2D eigenvalue weighted by Crippen LogP contribution is 2.38. The number of methoxy groups -OCH3 is 2. The zero-order chi connectivity index (χ0) is 33.6. The van der Waals surface area contributed by atoms with E-state index < -0.39 is 17.3 Å². The van der Waals surface area contributed by atoms with Gasteiger partial charge in [-0.05, 0) is 55.7 Å². The van der Waals surface area contributed by atoms with Gasteiger partial charge in [-0.3, -0.25) is 14.3 Å². The molecule has 0 saturated carbocycles. The average molecular weight is 678 g/mol. The van der Waals surface area contributed by atoms with E-state index >= 15 is 0 Å². The summed E-state index contributed by atoms with van der Waals surface area (Å²) in [6, 6.07) is 14.1. The maximum atomic E-state index is 14.7. The number of aromatic nitrogens is 4. The molecule has 1 N–H and O–H groups in total. The van der Waals surface area contributed by atoms with E-state index in [2.05, 4.69) is 15.3 Å². The summed E-state index contributed by atoms with van der Waals surface area (Å²) >= 11 is 6.62. The largest absolute Gasteiger partial charge is 0.487 e. The molecule has 3 aromatic carbocycles. The van der Waals surface area contributed by atoms with Gasteiger partial charge in [-0.15, -0.1) is 0 Å². The normalized spacial score (nSPS) is 12.5. The fourth-order valence-electron chi connectivity index (χ4n) is 5.50. The number of ether oxygens (including phenoxy) is 5. The molecular formula is C34H33ClFN5O7. The summed E-state index contributed by atoms with van der Waals surface area (Å²) < 4.78 is 45.7. The molecule has 1 amide bonds. The van der Waals surface area contributed by atoms with Crippen molar-refractivity contribution in [2.75, 3.05) is 46.0 Å². The predicted molar refractivity (Wildman–Crippen MR) is 177 cm³/mol. The van der Waals surface area contributed by atoms with E-state index in [1.165, 1.54) is 29.2 Å². The quantitative estimate of drug-likeness (QED) is 0.154. The van der Waals surface area contributed by atoms with Crippen molar-refractivity contribution in [3.63, 3.8) is 0 Å². The molecule has 2 aromatic heterocycles. The van der Waals surface area contributed by atoms with Gasteiger partial charge in [0.2, 0.25) is 5.88 Å². The van der Waals surface area contributed by atoms with Gasteiger partial charge in [-0.1, -0.05) is 23.7 Å². The maximum absolute atomic E-state index is 14.7. The molecule has 1 aliphatic heterocycles. The minimum Gasteiger partial charge on any atom is -0.487 e. The first-order chi connectivity index (χ1) is 23.4. The fourth-order valence-corrected chi connectivity index (χ4v) is 5.72. The van der Waals surface area contributed by atoms with E-state index in [1.807, 2.05) is 0 Å². The Hall–Kier alpha value is -4.98. The van der Waals surface area contributed by atoms with Crippen molar-refractivity contribution < 1.29 is 32.9 Å². The van der Waals surface area contributed by atoms with Crippen LogP contribution in [0.2, 0.25) is 5.02 Å². The molecule has 0 atom stereocenters. The van der Waals surface area contributed by atoms with Crippen molar-refractivity contribution in [1.82, 2.24) is 19.3 Å². The van der Waals surface area contributed by atoms with Gasteiger partial charge in [-0.2, -0.15) is 0 Å². The third-order valence-electron chi connectivity index (χ3n) is 7.74. The molecule has 6 rings (SSSR count).